The molecule has 0 heterocycles. The number of amides is 1. The van der Waals surface area contributed by atoms with Crippen LogP contribution in [-0.4, -0.2) is 36.5 Å². The highest BCUT2D eigenvalue weighted by molar-refractivity contribution is 5.92. The summed E-state index contributed by atoms with van der Waals surface area (Å²) in [5, 5.41) is 0. The highest BCUT2D eigenvalue weighted by Crippen LogP contribution is 2.28. The van der Waals surface area contributed by atoms with Gasteiger partial charge < -0.3 is 9.64 Å². The molecule has 5 heteroatoms. The summed E-state index contributed by atoms with van der Waals surface area (Å²) in [7, 11) is 1.35. The molecule has 0 bridgehead atoms. The lowest BCUT2D eigenvalue weighted by molar-refractivity contribution is -0.142. The van der Waals surface area contributed by atoms with E-state index in [2.05, 4.69) is 6.92 Å². The number of esters is 1. The van der Waals surface area contributed by atoms with Gasteiger partial charge in [-0.05, 0) is 42.5 Å². The van der Waals surface area contributed by atoms with Gasteiger partial charge in [0.25, 0.3) is 0 Å². The molecule has 136 valence electrons. The number of methoxy groups -OCH3 is 1. The van der Waals surface area contributed by atoms with Crippen LogP contribution in [0.15, 0.2) is 30.3 Å². The van der Waals surface area contributed by atoms with Crippen LogP contribution in [0.3, 0.4) is 0 Å². The minimum atomic E-state index is -0.316. The van der Waals surface area contributed by atoms with Gasteiger partial charge in [0.05, 0.1) is 13.5 Å². The van der Waals surface area contributed by atoms with Crippen LogP contribution in [0.2, 0.25) is 0 Å². The Balaban J connectivity index is 2.10. The van der Waals surface area contributed by atoms with Gasteiger partial charge in [-0.1, -0.05) is 31.9 Å². The summed E-state index contributed by atoms with van der Waals surface area (Å²) >= 11 is 0. The topological polar surface area (TPSA) is 46.6 Å². The predicted molar refractivity (Wildman–Crippen MR) is 95.2 cm³/mol. The minimum absolute atomic E-state index is 0.119. The molecule has 0 aliphatic heterocycles. The van der Waals surface area contributed by atoms with Gasteiger partial charge in [-0.3, -0.25) is 9.59 Å². The van der Waals surface area contributed by atoms with Crippen molar-refractivity contribution in [3.63, 3.8) is 0 Å². The van der Waals surface area contributed by atoms with Gasteiger partial charge in [0.2, 0.25) is 5.91 Å². The zero-order valence-corrected chi connectivity index (χ0v) is 14.9. The third-order valence-corrected chi connectivity index (χ3v) is 4.82. The summed E-state index contributed by atoms with van der Waals surface area (Å²) in [4.78, 5) is 26.0. The zero-order chi connectivity index (χ0) is 18.2. The Labute approximate surface area is 148 Å². The van der Waals surface area contributed by atoms with Crippen molar-refractivity contribution in [2.45, 2.75) is 45.1 Å². The largest absolute Gasteiger partial charge is 0.469 e. The molecule has 4 nitrogen and oxygen atoms in total. The third-order valence-electron chi connectivity index (χ3n) is 4.82. The average molecular weight is 347 g/mol. The van der Waals surface area contributed by atoms with E-state index < -0.39 is 0 Å². The average Bonchev–Trinajstić information content (AvgIpc) is 2.62. The molecule has 0 spiro atoms. The molecule has 1 aromatic rings. The standard InChI is InChI=1S/C20H26FNO3/c1-15-5-3-4-6-18(15)22(14-13-20(24)25-2)19(23)12-9-16-7-10-17(21)11-8-16/h7-12,15,18H,3-6,13-14H2,1-2H3/b12-9+. The summed E-state index contributed by atoms with van der Waals surface area (Å²) in [6, 6.07) is 6.12. The number of hydrogen-bond acceptors (Lipinski definition) is 3. The van der Waals surface area contributed by atoms with Crippen LogP contribution >= 0.6 is 0 Å². The first-order chi connectivity index (χ1) is 12.0. The Morgan fingerprint density at radius 1 is 1.24 bits per heavy atom. The van der Waals surface area contributed by atoms with Crippen LogP contribution in [0.25, 0.3) is 6.08 Å². The lowest BCUT2D eigenvalue weighted by Crippen LogP contribution is -2.45. The molecule has 2 unspecified atom stereocenters. The van der Waals surface area contributed by atoms with Crippen molar-refractivity contribution in [2.75, 3.05) is 13.7 Å². The van der Waals surface area contributed by atoms with Crippen LogP contribution < -0.4 is 0 Å². The second-order valence-corrected chi connectivity index (χ2v) is 6.57. The van der Waals surface area contributed by atoms with Crippen molar-refractivity contribution in [1.82, 2.24) is 4.90 Å². The molecule has 1 saturated carbocycles. The Bertz CT molecular complexity index is 612. The predicted octanol–water partition coefficient (Wildman–Crippen LogP) is 3.81. The molecule has 1 fully saturated rings. The molecule has 1 aliphatic carbocycles. The quantitative estimate of drug-likeness (QED) is 0.581. The second kappa shape index (κ2) is 9.35. The molecular formula is C20H26FNO3. The van der Waals surface area contributed by atoms with E-state index in [1.807, 2.05) is 0 Å². The van der Waals surface area contributed by atoms with E-state index in [1.54, 1.807) is 23.1 Å². The molecule has 1 aliphatic rings. The summed E-state index contributed by atoms with van der Waals surface area (Å²) in [5.41, 5.74) is 0.763. The summed E-state index contributed by atoms with van der Waals surface area (Å²) in [6.07, 6.45) is 7.70. The van der Waals surface area contributed by atoms with Crippen LogP contribution in [-0.2, 0) is 14.3 Å². The Morgan fingerprint density at radius 3 is 2.56 bits per heavy atom. The SMILES string of the molecule is COC(=O)CCN(C(=O)/C=C/c1ccc(F)cc1)C1CCCCC1C. The van der Waals surface area contributed by atoms with Crippen LogP contribution in [0, 0.1) is 11.7 Å². The Hall–Kier alpha value is -2.17. The number of nitrogens with zero attached hydrogens (tertiary/aromatic N) is 1. The summed E-state index contributed by atoms with van der Waals surface area (Å²) in [5.74, 6) is -0.329. The van der Waals surface area contributed by atoms with Crippen LogP contribution in [0.4, 0.5) is 4.39 Å². The molecule has 1 aromatic carbocycles. The first-order valence-corrected chi connectivity index (χ1v) is 8.82. The van der Waals surface area contributed by atoms with E-state index in [-0.39, 0.29) is 30.2 Å². The molecule has 0 saturated heterocycles. The first-order valence-electron chi connectivity index (χ1n) is 8.82. The molecule has 25 heavy (non-hydrogen) atoms. The molecule has 0 N–H and O–H groups in total. The number of carbonyl (C=O) groups is 2. The van der Waals surface area contributed by atoms with E-state index >= 15 is 0 Å². The summed E-state index contributed by atoms with van der Waals surface area (Å²) in [6.45, 7) is 2.51. The van der Waals surface area contributed by atoms with Gasteiger partial charge >= 0.3 is 5.97 Å². The number of ether oxygens (including phenoxy) is 1. The highest BCUT2D eigenvalue weighted by atomic mass is 19.1. The summed E-state index contributed by atoms with van der Waals surface area (Å²) < 4.78 is 17.7. The van der Waals surface area contributed by atoms with Crippen molar-refractivity contribution < 1.29 is 18.7 Å². The molecule has 0 radical (unpaired) electrons. The van der Waals surface area contributed by atoms with E-state index in [0.717, 1.165) is 24.8 Å². The highest BCUT2D eigenvalue weighted by Gasteiger charge is 2.29. The Morgan fingerprint density at radius 2 is 1.92 bits per heavy atom. The van der Waals surface area contributed by atoms with Gasteiger partial charge in [0, 0.05) is 18.7 Å². The number of hydrogen-bond donors (Lipinski definition) is 0. The minimum Gasteiger partial charge on any atom is -0.469 e. The van der Waals surface area contributed by atoms with Crippen molar-refractivity contribution in [2.24, 2.45) is 5.92 Å². The second-order valence-electron chi connectivity index (χ2n) is 6.57. The zero-order valence-electron chi connectivity index (χ0n) is 14.9. The van der Waals surface area contributed by atoms with E-state index in [1.165, 1.54) is 31.7 Å². The van der Waals surface area contributed by atoms with Gasteiger partial charge in [0.1, 0.15) is 5.82 Å². The van der Waals surface area contributed by atoms with E-state index in [9.17, 15) is 14.0 Å². The van der Waals surface area contributed by atoms with Crippen molar-refractivity contribution >= 4 is 18.0 Å². The molecule has 2 rings (SSSR count). The fraction of sp³-hybridized carbons (Fsp3) is 0.500. The maximum Gasteiger partial charge on any atom is 0.307 e. The van der Waals surface area contributed by atoms with Crippen LogP contribution in [0.1, 0.15) is 44.6 Å². The number of rotatable bonds is 6. The Kier molecular flexibility index (Phi) is 7.16. The lowest BCUT2D eigenvalue weighted by Gasteiger charge is -2.38. The number of carbonyl (C=O) groups excluding carboxylic acids is 2. The maximum absolute atomic E-state index is 13.0. The van der Waals surface area contributed by atoms with Gasteiger partial charge in [0.15, 0.2) is 0 Å². The van der Waals surface area contributed by atoms with E-state index in [0.29, 0.717) is 12.5 Å². The van der Waals surface area contributed by atoms with Gasteiger partial charge in [-0.25, -0.2) is 4.39 Å². The van der Waals surface area contributed by atoms with Crippen molar-refractivity contribution in [3.8, 4) is 0 Å². The number of benzene rings is 1. The fourth-order valence-electron chi connectivity index (χ4n) is 3.35. The fourth-order valence-corrected chi connectivity index (χ4v) is 3.35. The third kappa shape index (κ3) is 5.69. The van der Waals surface area contributed by atoms with E-state index in [4.69, 9.17) is 4.74 Å². The van der Waals surface area contributed by atoms with Gasteiger partial charge in [-0.15, -0.1) is 0 Å². The molecule has 0 aromatic heterocycles. The maximum atomic E-state index is 13.0. The molecular weight excluding hydrogens is 321 g/mol. The normalized spacial score (nSPS) is 20.4. The molecule has 1 amide bonds. The lowest BCUT2D eigenvalue weighted by atomic mass is 9.84. The molecule has 2 atom stereocenters. The van der Waals surface area contributed by atoms with Crippen LogP contribution in [0.5, 0.6) is 0 Å². The van der Waals surface area contributed by atoms with Crippen molar-refractivity contribution in [3.05, 3.63) is 41.7 Å². The van der Waals surface area contributed by atoms with Crippen molar-refractivity contribution in [1.29, 1.82) is 0 Å². The first kappa shape index (κ1) is 19.2. The van der Waals surface area contributed by atoms with Gasteiger partial charge in [-0.2, -0.15) is 0 Å². The number of halogens is 1. The monoisotopic (exact) mass is 347 g/mol. The smallest absolute Gasteiger partial charge is 0.307 e.